The molecule has 0 saturated heterocycles. The highest BCUT2D eigenvalue weighted by molar-refractivity contribution is 7.89. The van der Waals surface area contributed by atoms with E-state index in [1.165, 1.54) is 0 Å². The molecule has 0 aromatic heterocycles. The molecular weight excluding hydrogens is 327 g/mol. The Labute approximate surface area is 135 Å². The summed E-state index contributed by atoms with van der Waals surface area (Å²) >= 11 is 12.1. The molecule has 2 nitrogen and oxygen atoms in total. The van der Waals surface area contributed by atoms with Gasteiger partial charge in [0, 0.05) is 15.6 Å². The summed E-state index contributed by atoms with van der Waals surface area (Å²) in [7, 11) is -3.34. The van der Waals surface area contributed by atoms with Crippen LogP contribution >= 0.6 is 23.2 Å². The third-order valence-corrected chi connectivity index (χ3v) is 5.49. The molecule has 0 aliphatic carbocycles. The van der Waals surface area contributed by atoms with Crippen LogP contribution in [0.25, 0.3) is 0 Å². The standard InChI is InChI=1S/C16H16Cl2O2S/c1-11-6-7-12(2)13(8-11)9-21(19,20)10-14-15(17)4-3-5-16(14)18/h3-8H,9-10H2,1-2H3. The summed E-state index contributed by atoms with van der Waals surface area (Å²) in [5, 5.41) is 0.763. The molecule has 112 valence electrons. The van der Waals surface area contributed by atoms with Gasteiger partial charge in [0.05, 0.1) is 11.5 Å². The van der Waals surface area contributed by atoms with E-state index in [0.717, 1.165) is 16.7 Å². The zero-order chi connectivity index (χ0) is 15.6. The number of halogens is 2. The van der Waals surface area contributed by atoms with Crippen molar-refractivity contribution in [3.8, 4) is 0 Å². The van der Waals surface area contributed by atoms with E-state index < -0.39 is 9.84 Å². The van der Waals surface area contributed by atoms with Crippen molar-refractivity contribution in [2.75, 3.05) is 0 Å². The van der Waals surface area contributed by atoms with Crippen LogP contribution in [0.2, 0.25) is 10.0 Å². The quantitative estimate of drug-likeness (QED) is 0.805. The monoisotopic (exact) mass is 342 g/mol. The fourth-order valence-corrected chi connectivity index (χ4v) is 4.46. The first-order valence-electron chi connectivity index (χ1n) is 6.48. The summed E-state index contributed by atoms with van der Waals surface area (Å²) in [4.78, 5) is 0. The van der Waals surface area contributed by atoms with Crippen molar-refractivity contribution >= 4 is 33.0 Å². The van der Waals surface area contributed by atoms with Crippen LogP contribution in [-0.4, -0.2) is 8.42 Å². The maximum absolute atomic E-state index is 12.4. The van der Waals surface area contributed by atoms with Crippen LogP contribution in [0.1, 0.15) is 22.3 Å². The molecule has 0 heterocycles. The smallest absolute Gasteiger partial charge is 0.158 e. The van der Waals surface area contributed by atoms with E-state index >= 15 is 0 Å². The maximum Gasteiger partial charge on any atom is 0.158 e. The van der Waals surface area contributed by atoms with E-state index in [1.807, 2.05) is 32.0 Å². The molecule has 5 heteroatoms. The van der Waals surface area contributed by atoms with Gasteiger partial charge in [-0.05, 0) is 37.1 Å². The Morgan fingerprint density at radius 2 is 1.57 bits per heavy atom. The van der Waals surface area contributed by atoms with E-state index in [-0.39, 0.29) is 11.5 Å². The average molecular weight is 343 g/mol. The molecule has 0 N–H and O–H groups in total. The van der Waals surface area contributed by atoms with Gasteiger partial charge in [-0.15, -0.1) is 0 Å². The number of hydrogen-bond acceptors (Lipinski definition) is 2. The number of benzene rings is 2. The summed E-state index contributed by atoms with van der Waals surface area (Å²) in [6.07, 6.45) is 0. The van der Waals surface area contributed by atoms with Gasteiger partial charge in [-0.1, -0.05) is 53.0 Å². The fraction of sp³-hybridized carbons (Fsp3) is 0.250. The van der Waals surface area contributed by atoms with Crippen LogP contribution in [0, 0.1) is 13.8 Å². The Morgan fingerprint density at radius 3 is 2.19 bits per heavy atom. The third-order valence-electron chi connectivity index (χ3n) is 3.31. The van der Waals surface area contributed by atoms with Crippen molar-refractivity contribution in [2.45, 2.75) is 25.4 Å². The van der Waals surface area contributed by atoms with Gasteiger partial charge in [0.1, 0.15) is 0 Å². The predicted molar refractivity (Wildman–Crippen MR) is 88.7 cm³/mol. The largest absolute Gasteiger partial charge is 0.228 e. The van der Waals surface area contributed by atoms with E-state index in [2.05, 4.69) is 0 Å². The molecule has 0 fully saturated rings. The predicted octanol–water partition coefficient (Wildman–Crippen LogP) is 4.73. The highest BCUT2D eigenvalue weighted by Gasteiger charge is 2.18. The van der Waals surface area contributed by atoms with Gasteiger partial charge in [-0.2, -0.15) is 0 Å². The Bertz CT molecular complexity index is 748. The summed E-state index contributed by atoms with van der Waals surface area (Å²) in [5.74, 6) is -0.166. The van der Waals surface area contributed by atoms with Gasteiger partial charge < -0.3 is 0 Å². The summed E-state index contributed by atoms with van der Waals surface area (Å²) < 4.78 is 24.8. The van der Waals surface area contributed by atoms with Crippen molar-refractivity contribution < 1.29 is 8.42 Å². The molecule has 0 spiro atoms. The number of aryl methyl sites for hydroxylation is 2. The molecule has 2 aromatic carbocycles. The van der Waals surface area contributed by atoms with E-state index in [1.54, 1.807) is 18.2 Å². The van der Waals surface area contributed by atoms with Crippen LogP contribution in [0.4, 0.5) is 0 Å². The molecule has 0 amide bonds. The zero-order valence-electron chi connectivity index (χ0n) is 11.9. The molecule has 0 unspecified atom stereocenters. The molecule has 0 aliphatic heterocycles. The van der Waals surface area contributed by atoms with Gasteiger partial charge in [0.15, 0.2) is 9.84 Å². The molecule has 21 heavy (non-hydrogen) atoms. The minimum atomic E-state index is -3.34. The van der Waals surface area contributed by atoms with E-state index in [0.29, 0.717) is 15.6 Å². The van der Waals surface area contributed by atoms with Crippen molar-refractivity contribution in [2.24, 2.45) is 0 Å². The minimum absolute atomic E-state index is 0.0118. The molecule has 2 aromatic rings. The van der Waals surface area contributed by atoms with Crippen molar-refractivity contribution in [1.82, 2.24) is 0 Å². The molecule has 0 aliphatic rings. The average Bonchev–Trinajstić information content (AvgIpc) is 2.38. The fourth-order valence-electron chi connectivity index (χ4n) is 2.13. The SMILES string of the molecule is Cc1ccc(C)c(CS(=O)(=O)Cc2c(Cl)cccc2Cl)c1. The summed E-state index contributed by atoms with van der Waals surface area (Å²) in [6, 6.07) is 10.8. The highest BCUT2D eigenvalue weighted by Crippen LogP contribution is 2.27. The van der Waals surface area contributed by atoms with E-state index in [9.17, 15) is 8.42 Å². The Balaban J connectivity index is 2.29. The topological polar surface area (TPSA) is 34.1 Å². The highest BCUT2D eigenvalue weighted by atomic mass is 35.5. The Hall–Kier alpha value is -1.03. The van der Waals surface area contributed by atoms with Crippen molar-refractivity contribution in [1.29, 1.82) is 0 Å². The lowest BCUT2D eigenvalue weighted by Crippen LogP contribution is -2.09. The summed E-state index contributed by atoms with van der Waals surface area (Å²) in [6.45, 7) is 3.85. The van der Waals surface area contributed by atoms with Crippen LogP contribution in [0.3, 0.4) is 0 Å². The first kappa shape index (κ1) is 16.3. The van der Waals surface area contributed by atoms with Crippen molar-refractivity contribution in [3.05, 3.63) is 68.7 Å². The minimum Gasteiger partial charge on any atom is -0.228 e. The van der Waals surface area contributed by atoms with Crippen molar-refractivity contribution in [3.63, 3.8) is 0 Å². The molecule has 0 atom stereocenters. The second-order valence-corrected chi connectivity index (χ2v) is 8.04. The molecular formula is C16H16Cl2O2S. The summed E-state index contributed by atoms with van der Waals surface area (Å²) in [5.41, 5.74) is 3.29. The zero-order valence-corrected chi connectivity index (χ0v) is 14.2. The lowest BCUT2D eigenvalue weighted by molar-refractivity contribution is 0.594. The van der Waals surface area contributed by atoms with Crippen LogP contribution in [-0.2, 0) is 21.3 Å². The number of rotatable bonds is 4. The molecule has 0 radical (unpaired) electrons. The first-order valence-corrected chi connectivity index (χ1v) is 9.06. The normalized spacial score (nSPS) is 11.6. The van der Waals surface area contributed by atoms with Gasteiger partial charge in [-0.25, -0.2) is 8.42 Å². The molecule has 0 bridgehead atoms. The molecule has 0 saturated carbocycles. The second-order valence-electron chi connectivity index (χ2n) is 5.16. The third kappa shape index (κ3) is 4.22. The lowest BCUT2D eigenvalue weighted by atomic mass is 10.1. The van der Waals surface area contributed by atoms with E-state index in [4.69, 9.17) is 23.2 Å². The van der Waals surface area contributed by atoms with Gasteiger partial charge in [-0.3, -0.25) is 0 Å². The Kier molecular flexibility index (Phi) is 4.97. The van der Waals surface area contributed by atoms with Crippen LogP contribution in [0.5, 0.6) is 0 Å². The molecule has 2 rings (SSSR count). The Morgan fingerprint density at radius 1 is 0.952 bits per heavy atom. The second kappa shape index (κ2) is 6.39. The van der Waals surface area contributed by atoms with Gasteiger partial charge >= 0.3 is 0 Å². The van der Waals surface area contributed by atoms with Gasteiger partial charge in [0.2, 0.25) is 0 Å². The van der Waals surface area contributed by atoms with Crippen LogP contribution < -0.4 is 0 Å². The number of hydrogen-bond donors (Lipinski definition) is 0. The van der Waals surface area contributed by atoms with Crippen LogP contribution in [0.15, 0.2) is 36.4 Å². The number of sulfone groups is 1. The first-order chi connectivity index (χ1) is 9.78. The van der Waals surface area contributed by atoms with Gasteiger partial charge in [0.25, 0.3) is 0 Å². The maximum atomic E-state index is 12.4. The lowest BCUT2D eigenvalue weighted by Gasteiger charge is -2.10.